The first kappa shape index (κ1) is 20.7. The van der Waals surface area contributed by atoms with E-state index in [-0.39, 0.29) is 22.8 Å². The quantitative estimate of drug-likeness (QED) is 0.439. The van der Waals surface area contributed by atoms with Crippen LogP contribution in [0.15, 0.2) is 69.7 Å². The van der Waals surface area contributed by atoms with Crippen molar-refractivity contribution >= 4 is 17.7 Å². The lowest BCUT2D eigenvalue weighted by Crippen LogP contribution is -2.19. The first-order valence-corrected chi connectivity index (χ1v) is 10.0. The van der Waals surface area contributed by atoms with E-state index in [1.807, 2.05) is 13.0 Å². The van der Waals surface area contributed by atoms with Gasteiger partial charge in [0, 0.05) is 5.69 Å². The van der Waals surface area contributed by atoms with Gasteiger partial charge in [0.25, 0.3) is 5.91 Å². The number of phenols is 1. The van der Waals surface area contributed by atoms with Crippen LogP contribution in [-0.4, -0.2) is 11.0 Å². The number of hydrogen-bond donors (Lipinski definition) is 2. The van der Waals surface area contributed by atoms with Gasteiger partial charge < -0.3 is 14.8 Å². The van der Waals surface area contributed by atoms with E-state index in [2.05, 4.69) is 38.2 Å². The minimum Gasteiger partial charge on any atom is -0.508 e. The van der Waals surface area contributed by atoms with E-state index in [0.29, 0.717) is 11.4 Å². The Morgan fingerprint density at radius 1 is 1.17 bits per heavy atom. The van der Waals surface area contributed by atoms with Gasteiger partial charge >= 0.3 is 0 Å². The number of nitrogens with one attached hydrogen (secondary N) is 1. The van der Waals surface area contributed by atoms with Gasteiger partial charge in [0.05, 0.1) is 0 Å². The fourth-order valence-corrected chi connectivity index (χ4v) is 3.79. The molecule has 2 N–H and O–H groups in total. The van der Waals surface area contributed by atoms with E-state index in [9.17, 15) is 9.90 Å². The van der Waals surface area contributed by atoms with Gasteiger partial charge in [0.15, 0.2) is 5.76 Å². The summed E-state index contributed by atoms with van der Waals surface area (Å²) in [6.07, 6.45) is 9.91. The van der Waals surface area contributed by atoms with Crippen molar-refractivity contribution in [2.24, 2.45) is 5.41 Å². The number of carbonyl (C=O) groups is 1. The number of anilines is 1. The second-order valence-electron chi connectivity index (χ2n) is 8.36. The zero-order valence-corrected chi connectivity index (χ0v) is 17.6. The smallest absolute Gasteiger partial charge is 0.291 e. The Bertz CT molecular complexity index is 972. The minimum atomic E-state index is -0.326. The number of hydrogen-bond acceptors (Lipinski definition) is 3. The second-order valence-corrected chi connectivity index (χ2v) is 8.36. The molecule has 0 atom stereocenters. The number of benzene rings is 1. The maximum Gasteiger partial charge on any atom is 0.291 e. The number of furan rings is 1. The molecule has 0 bridgehead atoms. The van der Waals surface area contributed by atoms with Gasteiger partial charge in [0.2, 0.25) is 0 Å². The SMILES string of the molecule is CC1=C(/C=C/C(C)=C/c2ccc(C(=O)Nc3ccc(O)cc3)o2)C(C)(C)CCC1. The van der Waals surface area contributed by atoms with Gasteiger partial charge in [0.1, 0.15) is 11.5 Å². The molecular formula is C25H29NO3. The third-order valence-corrected chi connectivity index (χ3v) is 5.40. The molecular weight excluding hydrogens is 362 g/mol. The van der Waals surface area contributed by atoms with Crippen LogP contribution in [0.1, 0.15) is 63.3 Å². The Kier molecular flexibility index (Phi) is 6.12. The molecule has 0 saturated carbocycles. The highest BCUT2D eigenvalue weighted by atomic mass is 16.3. The lowest BCUT2D eigenvalue weighted by Gasteiger charge is -2.32. The highest BCUT2D eigenvalue weighted by Gasteiger charge is 2.26. The van der Waals surface area contributed by atoms with E-state index in [1.165, 1.54) is 42.5 Å². The molecule has 1 aromatic carbocycles. The monoisotopic (exact) mass is 391 g/mol. The predicted molar refractivity (Wildman–Crippen MR) is 118 cm³/mol. The van der Waals surface area contributed by atoms with E-state index < -0.39 is 0 Å². The van der Waals surface area contributed by atoms with Crippen LogP contribution < -0.4 is 5.32 Å². The second kappa shape index (κ2) is 8.56. The molecule has 0 fully saturated rings. The van der Waals surface area contributed by atoms with Crippen LogP contribution in [0.2, 0.25) is 0 Å². The fourth-order valence-electron chi connectivity index (χ4n) is 3.79. The van der Waals surface area contributed by atoms with Crippen LogP contribution in [0.4, 0.5) is 5.69 Å². The Morgan fingerprint density at radius 3 is 2.59 bits per heavy atom. The van der Waals surface area contributed by atoms with Gasteiger partial charge in [-0.1, -0.05) is 31.6 Å². The molecule has 0 radical (unpaired) electrons. The lowest BCUT2D eigenvalue weighted by atomic mass is 9.72. The molecule has 3 rings (SSSR count). The zero-order valence-electron chi connectivity index (χ0n) is 17.6. The highest BCUT2D eigenvalue weighted by Crippen LogP contribution is 2.40. The first-order valence-electron chi connectivity index (χ1n) is 10.0. The van der Waals surface area contributed by atoms with Crippen molar-refractivity contribution in [1.29, 1.82) is 0 Å². The fraction of sp³-hybridized carbons (Fsp3) is 0.320. The molecule has 4 heteroatoms. The minimum absolute atomic E-state index is 0.152. The third-order valence-electron chi connectivity index (χ3n) is 5.40. The van der Waals surface area contributed by atoms with Crippen LogP contribution in [0.25, 0.3) is 6.08 Å². The van der Waals surface area contributed by atoms with Crippen molar-refractivity contribution in [3.63, 3.8) is 0 Å². The normalized spacial score (nSPS) is 17.0. The average Bonchev–Trinajstić information content (AvgIpc) is 3.11. The molecule has 0 unspecified atom stereocenters. The maximum atomic E-state index is 12.3. The number of allylic oxidation sites excluding steroid dienone is 5. The number of carbonyl (C=O) groups excluding carboxylic acids is 1. The van der Waals surface area contributed by atoms with Gasteiger partial charge in [-0.25, -0.2) is 0 Å². The topological polar surface area (TPSA) is 62.5 Å². The van der Waals surface area contributed by atoms with Gasteiger partial charge in [-0.3, -0.25) is 4.79 Å². The summed E-state index contributed by atoms with van der Waals surface area (Å²) in [5.74, 6) is 0.706. The molecule has 1 heterocycles. The van der Waals surface area contributed by atoms with Crippen LogP contribution in [0.5, 0.6) is 5.75 Å². The van der Waals surface area contributed by atoms with Gasteiger partial charge in [-0.2, -0.15) is 0 Å². The predicted octanol–water partition coefficient (Wildman–Crippen LogP) is 6.72. The summed E-state index contributed by atoms with van der Waals surface area (Å²) < 4.78 is 5.68. The molecule has 0 spiro atoms. The number of phenolic OH excluding ortho intramolecular Hbond substituents is 1. The van der Waals surface area contributed by atoms with E-state index in [1.54, 1.807) is 24.3 Å². The maximum absolute atomic E-state index is 12.3. The lowest BCUT2D eigenvalue weighted by molar-refractivity contribution is 0.0996. The summed E-state index contributed by atoms with van der Waals surface area (Å²) in [6, 6.07) is 9.76. The summed E-state index contributed by atoms with van der Waals surface area (Å²) in [5, 5.41) is 12.1. The van der Waals surface area contributed by atoms with Gasteiger partial charge in [-0.05, 0) is 92.1 Å². The van der Waals surface area contributed by atoms with Gasteiger partial charge in [-0.15, -0.1) is 0 Å². The summed E-state index contributed by atoms with van der Waals surface area (Å²) in [7, 11) is 0. The standard InChI is InChI=1S/C25H29NO3/c1-17(7-13-22-18(2)6-5-15-25(22,3)4)16-21-12-14-23(29-21)24(28)26-19-8-10-20(27)11-9-19/h7-14,16,27H,5-6,15H2,1-4H3,(H,26,28)/b13-7+,17-16+. The molecule has 0 saturated heterocycles. The molecule has 152 valence electrons. The molecule has 1 aromatic heterocycles. The summed E-state index contributed by atoms with van der Waals surface area (Å²) in [5.41, 5.74) is 4.76. The van der Waals surface area contributed by atoms with Crippen molar-refractivity contribution in [2.75, 3.05) is 5.32 Å². The number of aromatic hydroxyl groups is 1. The Labute approximate surface area is 172 Å². The summed E-state index contributed by atoms with van der Waals surface area (Å²) >= 11 is 0. The van der Waals surface area contributed by atoms with E-state index in [0.717, 1.165) is 5.57 Å². The average molecular weight is 392 g/mol. The first-order chi connectivity index (χ1) is 13.7. The number of rotatable bonds is 5. The highest BCUT2D eigenvalue weighted by molar-refractivity contribution is 6.02. The zero-order chi connectivity index (χ0) is 21.0. The largest absolute Gasteiger partial charge is 0.508 e. The molecule has 1 aliphatic carbocycles. The molecule has 29 heavy (non-hydrogen) atoms. The van der Waals surface area contributed by atoms with E-state index in [4.69, 9.17) is 4.42 Å². The molecule has 2 aromatic rings. The molecule has 1 amide bonds. The van der Waals surface area contributed by atoms with Crippen LogP contribution in [0.3, 0.4) is 0 Å². The molecule has 1 aliphatic rings. The van der Waals surface area contributed by atoms with Crippen molar-refractivity contribution in [3.8, 4) is 5.75 Å². The van der Waals surface area contributed by atoms with Crippen molar-refractivity contribution < 1.29 is 14.3 Å². The van der Waals surface area contributed by atoms with Crippen molar-refractivity contribution in [3.05, 3.63) is 76.8 Å². The van der Waals surface area contributed by atoms with Crippen molar-refractivity contribution in [2.45, 2.75) is 47.0 Å². The summed E-state index contributed by atoms with van der Waals surface area (Å²) in [6.45, 7) is 8.87. The van der Waals surface area contributed by atoms with Crippen LogP contribution >= 0.6 is 0 Å². The van der Waals surface area contributed by atoms with E-state index >= 15 is 0 Å². The van der Waals surface area contributed by atoms with Crippen molar-refractivity contribution in [1.82, 2.24) is 0 Å². The third kappa shape index (κ3) is 5.29. The van der Waals surface area contributed by atoms with Crippen LogP contribution in [-0.2, 0) is 0 Å². The van der Waals surface area contributed by atoms with Crippen LogP contribution in [0, 0.1) is 5.41 Å². The molecule has 0 aliphatic heterocycles. The number of amides is 1. The summed E-state index contributed by atoms with van der Waals surface area (Å²) in [4.78, 5) is 12.3. The Balaban J connectivity index is 1.69. The molecule has 4 nitrogen and oxygen atoms in total. The Morgan fingerprint density at radius 2 is 1.90 bits per heavy atom. The Hall–Kier alpha value is -3.01.